The zero-order chi connectivity index (χ0) is 23.2. The highest BCUT2D eigenvalue weighted by Crippen LogP contribution is 2.35. The molecule has 3 aromatic carbocycles. The fraction of sp³-hybridized carbons (Fsp3) is 0.167. The van der Waals surface area contributed by atoms with Crippen LogP contribution in [0.2, 0.25) is 5.02 Å². The van der Waals surface area contributed by atoms with Crippen LogP contribution in [-0.4, -0.2) is 26.8 Å². The first-order valence-corrected chi connectivity index (χ1v) is 12.3. The molecule has 0 unspecified atom stereocenters. The number of carbonyl (C=O) groups excluding carboxylic acids is 2. The van der Waals surface area contributed by atoms with E-state index in [4.69, 9.17) is 11.6 Å². The van der Waals surface area contributed by atoms with Gasteiger partial charge in [0.2, 0.25) is 5.91 Å². The van der Waals surface area contributed by atoms with Crippen LogP contribution in [0.1, 0.15) is 27.9 Å². The lowest BCUT2D eigenvalue weighted by Crippen LogP contribution is -2.29. The molecule has 2 aliphatic heterocycles. The average molecular weight is 482 g/mol. The number of sulfonamides is 1. The normalized spacial score (nSPS) is 14.9. The van der Waals surface area contributed by atoms with Crippen molar-refractivity contribution >= 4 is 50.5 Å². The first-order valence-electron chi connectivity index (χ1n) is 10.5. The molecular formula is C24H20ClN3O4S. The van der Waals surface area contributed by atoms with E-state index < -0.39 is 15.9 Å². The Morgan fingerprint density at radius 2 is 1.79 bits per heavy atom. The number of carbonyl (C=O) groups is 2. The molecule has 0 saturated heterocycles. The number of halogens is 1. The second kappa shape index (κ2) is 8.20. The van der Waals surface area contributed by atoms with Crippen LogP contribution >= 0.6 is 11.6 Å². The molecule has 0 aliphatic carbocycles. The van der Waals surface area contributed by atoms with E-state index in [1.807, 2.05) is 12.1 Å². The topological polar surface area (TPSA) is 95.6 Å². The Morgan fingerprint density at radius 1 is 0.970 bits per heavy atom. The summed E-state index contributed by atoms with van der Waals surface area (Å²) < 4.78 is 28.2. The predicted octanol–water partition coefficient (Wildman–Crippen LogP) is 4.23. The highest BCUT2D eigenvalue weighted by molar-refractivity contribution is 7.93. The lowest BCUT2D eigenvalue weighted by atomic mass is 10.0. The van der Waals surface area contributed by atoms with Crippen LogP contribution in [0, 0.1) is 0 Å². The molecule has 0 fully saturated rings. The summed E-state index contributed by atoms with van der Waals surface area (Å²) in [5, 5.41) is 5.65. The van der Waals surface area contributed by atoms with Crippen LogP contribution in [0.25, 0.3) is 0 Å². The minimum Gasteiger partial charge on any atom is -0.326 e. The molecule has 5 rings (SSSR count). The first-order chi connectivity index (χ1) is 15.8. The van der Waals surface area contributed by atoms with Crippen molar-refractivity contribution < 1.29 is 18.0 Å². The molecule has 0 saturated carbocycles. The SMILES string of the molecule is O=C1CCc2cc(NC(=O)c3ccc(Cl)c(S(=O)(=O)N4CCc5ccccc54)c3)ccc2N1. The number of nitrogens with one attached hydrogen (secondary N) is 2. The van der Waals surface area contributed by atoms with Gasteiger partial charge in [-0.2, -0.15) is 0 Å². The van der Waals surface area contributed by atoms with Crippen LogP contribution in [0.5, 0.6) is 0 Å². The van der Waals surface area contributed by atoms with Gasteiger partial charge in [0.25, 0.3) is 15.9 Å². The van der Waals surface area contributed by atoms with Gasteiger partial charge >= 0.3 is 0 Å². The van der Waals surface area contributed by atoms with Gasteiger partial charge in [0.05, 0.1) is 10.7 Å². The van der Waals surface area contributed by atoms with Crippen molar-refractivity contribution in [2.75, 3.05) is 21.5 Å². The molecule has 2 aliphatic rings. The second-order valence-corrected chi connectivity index (χ2v) is 10.2. The summed E-state index contributed by atoms with van der Waals surface area (Å²) in [6.07, 6.45) is 1.60. The standard InChI is InChI=1S/C24H20ClN3O4S/c25-19-8-5-17(24(30)26-18-7-9-20-16(13-18)6-10-23(29)27-20)14-22(19)33(31,32)28-12-11-15-3-1-2-4-21(15)28/h1-5,7-9,13-14H,6,10-12H2,(H,26,30)(H,27,29). The molecular weight excluding hydrogens is 462 g/mol. The van der Waals surface area contributed by atoms with Gasteiger partial charge in [0.15, 0.2) is 0 Å². The fourth-order valence-corrected chi connectivity index (χ4v) is 6.19. The molecule has 0 atom stereocenters. The second-order valence-electron chi connectivity index (χ2n) is 7.98. The van der Waals surface area contributed by atoms with Gasteiger partial charge in [-0.1, -0.05) is 29.8 Å². The summed E-state index contributed by atoms with van der Waals surface area (Å²) in [5.74, 6) is -0.487. The van der Waals surface area contributed by atoms with Crippen LogP contribution in [0.15, 0.2) is 65.6 Å². The van der Waals surface area contributed by atoms with E-state index in [-0.39, 0.29) is 21.4 Å². The zero-order valence-electron chi connectivity index (χ0n) is 17.5. The molecule has 2 N–H and O–H groups in total. The van der Waals surface area contributed by atoms with Crippen molar-refractivity contribution in [3.05, 3.63) is 82.4 Å². The van der Waals surface area contributed by atoms with E-state index in [0.717, 1.165) is 16.8 Å². The van der Waals surface area contributed by atoms with E-state index in [1.165, 1.54) is 22.5 Å². The predicted molar refractivity (Wildman–Crippen MR) is 127 cm³/mol. The van der Waals surface area contributed by atoms with Crippen LogP contribution < -0.4 is 14.9 Å². The Bertz CT molecular complexity index is 1400. The lowest BCUT2D eigenvalue weighted by Gasteiger charge is -2.21. The molecule has 0 bridgehead atoms. The number of anilines is 3. The molecule has 9 heteroatoms. The van der Waals surface area contributed by atoms with Crippen LogP contribution in [0.3, 0.4) is 0 Å². The molecule has 7 nitrogen and oxygen atoms in total. The Balaban J connectivity index is 1.42. The number of amides is 2. The maximum absolute atomic E-state index is 13.4. The van der Waals surface area contributed by atoms with Gasteiger partial charge in [0, 0.05) is 29.9 Å². The number of fused-ring (bicyclic) bond motifs is 2. The van der Waals surface area contributed by atoms with E-state index in [1.54, 1.807) is 30.3 Å². The summed E-state index contributed by atoms with van der Waals surface area (Å²) in [4.78, 5) is 24.3. The van der Waals surface area contributed by atoms with Crippen LogP contribution in [-0.2, 0) is 27.7 Å². The highest BCUT2D eigenvalue weighted by Gasteiger charge is 2.32. The zero-order valence-corrected chi connectivity index (χ0v) is 19.0. The first kappa shape index (κ1) is 21.5. The van der Waals surface area contributed by atoms with Crippen LogP contribution in [0.4, 0.5) is 17.1 Å². The quantitative estimate of drug-likeness (QED) is 0.583. The summed E-state index contributed by atoms with van der Waals surface area (Å²) >= 11 is 6.27. The third-order valence-electron chi connectivity index (χ3n) is 5.86. The van der Waals surface area contributed by atoms with Gasteiger partial charge in [-0.15, -0.1) is 0 Å². The van der Waals surface area contributed by atoms with Gasteiger partial charge in [-0.3, -0.25) is 13.9 Å². The fourth-order valence-electron chi connectivity index (χ4n) is 4.18. The molecule has 2 amide bonds. The van der Waals surface area contributed by atoms with Crippen molar-refractivity contribution in [1.29, 1.82) is 0 Å². The molecule has 0 radical (unpaired) electrons. The van der Waals surface area contributed by atoms with Crippen molar-refractivity contribution in [2.45, 2.75) is 24.2 Å². The number of aryl methyl sites for hydroxylation is 1. The Hall–Kier alpha value is -3.36. The van der Waals surface area contributed by atoms with Gasteiger partial charge < -0.3 is 10.6 Å². The monoisotopic (exact) mass is 481 g/mol. The minimum atomic E-state index is -3.95. The van der Waals surface area contributed by atoms with Crippen molar-refractivity contribution in [3.63, 3.8) is 0 Å². The lowest BCUT2D eigenvalue weighted by molar-refractivity contribution is -0.116. The number of benzene rings is 3. The van der Waals surface area contributed by atoms with E-state index >= 15 is 0 Å². The largest absolute Gasteiger partial charge is 0.326 e. The summed E-state index contributed by atoms with van der Waals surface area (Å²) in [6, 6.07) is 16.8. The molecule has 168 valence electrons. The number of nitrogens with zero attached hydrogens (tertiary/aromatic N) is 1. The number of rotatable bonds is 4. The smallest absolute Gasteiger partial charge is 0.265 e. The van der Waals surface area contributed by atoms with Gasteiger partial charge in [0.1, 0.15) is 4.90 Å². The highest BCUT2D eigenvalue weighted by atomic mass is 35.5. The number of hydrogen-bond acceptors (Lipinski definition) is 4. The third kappa shape index (κ3) is 3.96. The Morgan fingerprint density at radius 3 is 2.64 bits per heavy atom. The maximum Gasteiger partial charge on any atom is 0.265 e. The van der Waals surface area contributed by atoms with Gasteiger partial charge in [-0.05, 0) is 66.4 Å². The number of hydrogen-bond donors (Lipinski definition) is 2. The average Bonchev–Trinajstić information content (AvgIpc) is 3.24. The molecule has 33 heavy (non-hydrogen) atoms. The minimum absolute atomic E-state index is 0.0326. The van der Waals surface area contributed by atoms with E-state index in [2.05, 4.69) is 10.6 Å². The van der Waals surface area contributed by atoms with Gasteiger partial charge in [-0.25, -0.2) is 8.42 Å². The summed E-state index contributed by atoms with van der Waals surface area (Å²) in [7, 11) is -3.95. The molecule has 3 aromatic rings. The van der Waals surface area contributed by atoms with E-state index in [9.17, 15) is 18.0 Å². The number of para-hydroxylation sites is 1. The third-order valence-corrected chi connectivity index (χ3v) is 8.16. The Kier molecular flexibility index (Phi) is 5.34. The van der Waals surface area contributed by atoms with E-state index in [0.29, 0.717) is 37.2 Å². The molecule has 0 aromatic heterocycles. The molecule has 2 heterocycles. The summed E-state index contributed by atoms with van der Waals surface area (Å²) in [5.41, 5.74) is 3.98. The Labute approximate surface area is 196 Å². The maximum atomic E-state index is 13.4. The van der Waals surface area contributed by atoms with Crippen molar-refractivity contribution in [2.24, 2.45) is 0 Å². The molecule has 0 spiro atoms. The summed E-state index contributed by atoms with van der Waals surface area (Å²) in [6.45, 7) is 0.320. The van der Waals surface area contributed by atoms with Crippen molar-refractivity contribution in [1.82, 2.24) is 0 Å². The van der Waals surface area contributed by atoms with Crippen molar-refractivity contribution in [3.8, 4) is 0 Å².